The summed E-state index contributed by atoms with van der Waals surface area (Å²) in [7, 11) is 1.65. The maximum atomic E-state index is 5.52. The van der Waals surface area contributed by atoms with E-state index in [1.54, 1.807) is 7.11 Å². The fraction of sp³-hybridized carbons (Fsp3) is 0.300. The number of nitrogens with zero attached hydrogens (tertiary/aromatic N) is 3. The number of hydrogen-bond donors (Lipinski definition) is 0. The van der Waals surface area contributed by atoms with Crippen LogP contribution in [0.3, 0.4) is 0 Å². The largest absolute Gasteiger partial charge is 0.497 e. The van der Waals surface area contributed by atoms with Crippen LogP contribution in [-0.2, 0) is 13.0 Å². The van der Waals surface area contributed by atoms with Crippen LogP contribution in [0, 0.1) is 0 Å². The summed E-state index contributed by atoms with van der Waals surface area (Å²) < 4.78 is 10.8. The Labute approximate surface area is 147 Å². The SMILES string of the molecule is COc1cccc(-c2noc(CN3c4ccccc4CC[C@H]3C)n2)c1. The van der Waals surface area contributed by atoms with Crippen LogP contribution in [0.5, 0.6) is 5.75 Å². The lowest BCUT2D eigenvalue weighted by molar-refractivity contribution is 0.369. The van der Waals surface area contributed by atoms with Gasteiger partial charge in [-0.05, 0) is 43.5 Å². The lowest BCUT2D eigenvalue weighted by Crippen LogP contribution is -2.36. The van der Waals surface area contributed by atoms with Crippen LogP contribution in [0.15, 0.2) is 53.1 Å². The summed E-state index contributed by atoms with van der Waals surface area (Å²) in [5, 5.41) is 4.14. The first kappa shape index (κ1) is 15.7. The average Bonchev–Trinajstić information content (AvgIpc) is 3.13. The molecule has 0 aliphatic carbocycles. The van der Waals surface area contributed by atoms with E-state index in [1.807, 2.05) is 24.3 Å². The van der Waals surface area contributed by atoms with Crippen molar-refractivity contribution in [3.8, 4) is 17.1 Å². The Morgan fingerprint density at radius 2 is 2.08 bits per heavy atom. The minimum Gasteiger partial charge on any atom is -0.497 e. The molecule has 0 unspecified atom stereocenters. The van der Waals surface area contributed by atoms with Gasteiger partial charge in [0.05, 0.1) is 13.7 Å². The number of rotatable bonds is 4. The van der Waals surface area contributed by atoms with Crippen molar-refractivity contribution in [2.75, 3.05) is 12.0 Å². The predicted octanol–water partition coefficient (Wildman–Crippen LogP) is 4.09. The van der Waals surface area contributed by atoms with Gasteiger partial charge in [0.15, 0.2) is 0 Å². The number of para-hydroxylation sites is 1. The van der Waals surface area contributed by atoms with E-state index in [2.05, 4.69) is 46.2 Å². The zero-order chi connectivity index (χ0) is 17.2. The normalized spacial score (nSPS) is 16.6. The van der Waals surface area contributed by atoms with E-state index in [0.29, 0.717) is 24.3 Å². The third-order valence-corrected chi connectivity index (χ3v) is 4.77. The fourth-order valence-electron chi connectivity index (χ4n) is 3.35. The van der Waals surface area contributed by atoms with Crippen molar-refractivity contribution in [1.82, 2.24) is 10.1 Å². The molecule has 3 aromatic rings. The smallest absolute Gasteiger partial charge is 0.246 e. The van der Waals surface area contributed by atoms with Crippen molar-refractivity contribution in [2.45, 2.75) is 32.4 Å². The quantitative estimate of drug-likeness (QED) is 0.719. The van der Waals surface area contributed by atoms with Gasteiger partial charge in [0.1, 0.15) is 5.75 Å². The molecule has 5 nitrogen and oxygen atoms in total. The topological polar surface area (TPSA) is 51.4 Å². The highest BCUT2D eigenvalue weighted by molar-refractivity contribution is 5.58. The first-order valence-corrected chi connectivity index (χ1v) is 8.56. The highest BCUT2D eigenvalue weighted by Crippen LogP contribution is 2.31. The van der Waals surface area contributed by atoms with Gasteiger partial charge >= 0.3 is 0 Å². The van der Waals surface area contributed by atoms with Crippen LogP contribution in [0.25, 0.3) is 11.4 Å². The first-order chi connectivity index (χ1) is 12.2. The van der Waals surface area contributed by atoms with Crippen molar-refractivity contribution in [3.05, 3.63) is 60.0 Å². The van der Waals surface area contributed by atoms with Gasteiger partial charge < -0.3 is 14.2 Å². The maximum absolute atomic E-state index is 5.52. The summed E-state index contributed by atoms with van der Waals surface area (Å²) >= 11 is 0. The van der Waals surface area contributed by atoms with Gasteiger partial charge in [-0.25, -0.2) is 0 Å². The van der Waals surface area contributed by atoms with E-state index in [-0.39, 0.29) is 0 Å². The van der Waals surface area contributed by atoms with E-state index in [4.69, 9.17) is 9.26 Å². The molecule has 25 heavy (non-hydrogen) atoms. The molecule has 128 valence electrons. The zero-order valence-corrected chi connectivity index (χ0v) is 14.5. The van der Waals surface area contributed by atoms with Gasteiger partial charge in [0.2, 0.25) is 11.7 Å². The molecule has 1 atom stereocenters. The monoisotopic (exact) mass is 335 g/mol. The molecule has 1 aliphatic heterocycles. The van der Waals surface area contributed by atoms with Crippen LogP contribution in [0.2, 0.25) is 0 Å². The van der Waals surface area contributed by atoms with E-state index >= 15 is 0 Å². The van der Waals surface area contributed by atoms with Crippen molar-refractivity contribution in [1.29, 1.82) is 0 Å². The molecule has 0 radical (unpaired) electrons. The Hall–Kier alpha value is -2.82. The van der Waals surface area contributed by atoms with Crippen LogP contribution >= 0.6 is 0 Å². The molecule has 2 heterocycles. The molecule has 1 aromatic heterocycles. The number of hydrogen-bond acceptors (Lipinski definition) is 5. The van der Waals surface area contributed by atoms with Crippen LogP contribution < -0.4 is 9.64 Å². The van der Waals surface area contributed by atoms with Gasteiger partial charge in [0.25, 0.3) is 0 Å². The Morgan fingerprint density at radius 3 is 2.96 bits per heavy atom. The first-order valence-electron chi connectivity index (χ1n) is 8.56. The van der Waals surface area contributed by atoms with Crippen molar-refractivity contribution in [2.24, 2.45) is 0 Å². The molecule has 4 rings (SSSR count). The van der Waals surface area contributed by atoms with Gasteiger partial charge in [-0.1, -0.05) is 35.5 Å². The number of fused-ring (bicyclic) bond motifs is 1. The van der Waals surface area contributed by atoms with Crippen molar-refractivity contribution < 1.29 is 9.26 Å². The third-order valence-electron chi connectivity index (χ3n) is 4.77. The second kappa shape index (κ2) is 6.59. The second-order valence-corrected chi connectivity index (χ2v) is 6.39. The molecule has 5 heteroatoms. The summed E-state index contributed by atoms with van der Waals surface area (Å²) in [5.41, 5.74) is 3.54. The summed E-state index contributed by atoms with van der Waals surface area (Å²) in [6, 6.07) is 16.7. The van der Waals surface area contributed by atoms with Gasteiger partial charge in [-0.15, -0.1) is 0 Å². The van der Waals surface area contributed by atoms with Crippen molar-refractivity contribution >= 4 is 5.69 Å². The van der Waals surface area contributed by atoms with Crippen LogP contribution in [-0.4, -0.2) is 23.3 Å². The third kappa shape index (κ3) is 3.09. The molecule has 0 saturated heterocycles. The molecule has 2 aromatic carbocycles. The zero-order valence-electron chi connectivity index (χ0n) is 14.5. The second-order valence-electron chi connectivity index (χ2n) is 6.39. The predicted molar refractivity (Wildman–Crippen MR) is 96.7 cm³/mol. The number of ether oxygens (including phenoxy) is 1. The molecule has 0 N–H and O–H groups in total. The summed E-state index contributed by atoms with van der Waals surface area (Å²) in [6.07, 6.45) is 2.25. The molecule has 0 spiro atoms. The number of aryl methyl sites for hydroxylation is 1. The molecule has 0 fully saturated rings. The molecule has 0 bridgehead atoms. The Balaban J connectivity index is 1.59. The molecule has 0 saturated carbocycles. The molecule has 1 aliphatic rings. The van der Waals surface area contributed by atoms with Gasteiger partial charge in [-0.2, -0.15) is 4.98 Å². The van der Waals surface area contributed by atoms with Crippen LogP contribution in [0.1, 0.15) is 24.8 Å². The maximum Gasteiger partial charge on any atom is 0.246 e. The number of anilines is 1. The minimum absolute atomic E-state index is 0.446. The summed E-state index contributed by atoms with van der Waals surface area (Å²) in [4.78, 5) is 6.93. The van der Waals surface area contributed by atoms with Gasteiger partial charge in [-0.3, -0.25) is 0 Å². The van der Waals surface area contributed by atoms with Crippen LogP contribution in [0.4, 0.5) is 5.69 Å². The number of benzene rings is 2. The number of aromatic nitrogens is 2. The van der Waals surface area contributed by atoms with E-state index in [0.717, 1.165) is 24.2 Å². The molecule has 0 amide bonds. The summed E-state index contributed by atoms with van der Waals surface area (Å²) in [6.45, 7) is 2.87. The Bertz CT molecular complexity index is 875. The number of methoxy groups -OCH3 is 1. The van der Waals surface area contributed by atoms with E-state index in [9.17, 15) is 0 Å². The lowest BCUT2D eigenvalue weighted by Gasteiger charge is -2.36. The fourth-order valence-corrected chi connectivity index (χ4v) is 3.35. The highest BCUT2D eigenvalue weighted by Gasteiger charge is 2.24. The summed E-state index contributed by atoms with van der Waals surface area (Å²) in [5.74, 6) is 2.00. The Morgan fingerprint density at radius 1 is 1.20 bits per heavy atom. The standard InChI is InChI=1S/C20H21N3O2/c1-14-10-11-15-6-3-4-9-18(15)23(14)13-19-21-20(22-25-19)16-7-5-8-17(12-16)24-2/h3-9,12,14H,10-11,13H2,1-2H3/t14-/m1/s1. The van der Waals surface area contributed by atoms with E-state index in [1.165, 1.54) is 11.3 Å². The molecular formula is C20H21N3O2. The van der Waals surface area contributed by atoms with E-state index < -0.39 is 0 Å². The minimum atomic E-state index is 0.446. The molecular weight excluding hydrogens is 314 g/mol. The lowest BCUT2D eigenvalue weighted by atomic mass is 9.97. The van der Waals surface area contributed by atoms with Crippen molar-refractivity contribution in [3.63, 3.8) is 0 Å². The highest BCUT2D eigenvalue weighted by atomic mass is 16.5. The average molecular weight is 335 g/mol. The Kier molecular flexibility index (Phi) is 4.14. The van der Waals surface area contributed by atoms with Gasteiger partial charge in [0, 0.05) is 17.3 Å².